The fourth-order valence-electron chi connectivity index (χ4n) is 1.36. The van der Waals surface area contributed by atoms with Crippen LogP contribution in [0.2, 0.25) is 25.7 Å². The minimum Gasteiger partial charge on any atom is -0.360 e. The molecule has 0 amide bonds. The molecule has 5 nitrogen and oxygen atoms in total. The van der Waals surface area contributed by atoms with Crippen LogP contribution in [0.5, 0.6) is 0 Å². The lowest BCUT2D eigenvalue weighted by atomic mass is 10.5. The van der Waals surface area contributed by atoms with E-state index in [9.17, 15) is 8.42 Å². The van der Waals surface area contributed by atoms with Gasteiger partial charge in [-0.1, -0.05) is 19.6 Å². The van der Waals surface area contributed by atoms with E-state index < -0.39 is 17.9 Å². The Balaban J connectivity index is 2.36. The molecule has 7 heteroatoms. The fraction of sp³-hybridized carbons (Fsp3) is 0.727. The van der Waals surface area contributed by atoms with Crippen molar-refractivity contribution in [3.63, 3.8) is 0 Å². The second kappa shape index (κ2) is 5.99. The van der Waals surface area contributed by atoms with Crippen LogP contribution < -0.4 is 0 Å². The highest BCUT2D eigenvalue weighted by Crippen LogP contribution is 2.08. The number of ether oxygens (including phenoxy) is 1. The van der Waals surface area contributed by atoms with Crippen molar-refractivity contribution in [1.29, 1.82) is 0 Å². The molecule has 1 heterocycles. The van der Waals surface area contributed by atoms with Gasteiger partial charge in [-0.25, -0.2) is 13.1 Å². The van der Waals surface area contributed by atoms with E-state index in [0.29, 0.717) is 12.4 Å². The Morgan fingerprint density at radius 1 is 1.39 bits per heavy atom. The highest BCUT2D eigenvalue weighted by atomic mass is 32.2. The van der Waals surface area contributed by atoms with Crippen LogP contribution in [0.4, 0.5) is 0 Å². The van der Waals surface area contributed by atoms with Crippen LogP contribution in [0.15, 0.2) is 12.3 Å². The number of hydrogen-bond acceptors (Lipinski definition) is 4. The standard InChI is InChI=1S/C11H22N2O3SSi/c1-17(14,15)9-11-5-6-13(12-11)10-16-7-8-18(2,3)4/h5-6H,7-10H2,1-4H3. The maximum atomic E-state index is 11.1. The van der Waals surface area contributed by atoms with Crippen molar-refractivity contribution < 1.29 is 13.2 Å². The molecule has 1 rings (SSSR count). The molecule has 0 unspecified atom stereocenters. The summed E-state index contributed by atoms with van der Waals surface area (Å²) in [5, 5.41) is 4.15. The fourth-order valence-corrected chi connectivity index (χ4v) is 2.81. The van der Waals surface area contributed by atoms with Crippen molar-refractivity contribution in [3.05, 3.63) is 18.0 Å². The number of sulfone groups is 1. The summed E-state index contributed by atoms with van der Waals surface area (Å²) in [6, 6.07) is 2.83. The van der Waals surface area contributed by atoms with Gasteiger partial charge < -0.3 is 4.74 Å². The molecule has 1 aromatic heterocycles. The Morgan fingerprint density at radius 2 is 2.06 bits per heavy atom. The highest BCUT2D eigenvalue weighted by Gasteiger charge is 2.12. The summed E-state index contributed by atoms with van der Waals surface area (Å²) in [4.78, 5) is 0. The summed E-state index contributed by atoms with van der Waals surface area (Å²) in [6.07, 6.45) is 2.95. The molecule has 0 radical (unpaired) electrons. The summed E-state index contributed by atoms with van der Waals surface area (Å²) in [7, 11) is -4.08. The normalized spacial score (nSPS) is 12.9. The topological polar surface area (TPSA) is 61.2 Å². The van der Waals surface area contributed by atoms with Crippen molar-refractivity contribution in [3.8, 4) is 0 Å². The SMILES string of the molecule is C[Si](C)(C)CCOCn1ccc(CS(C)(=O)=O)n1. The molecule has 0 bridgehead atoms. The van der Waals surface area contributed by atoms with Crippen LogP contribution >= 0.6 is 0 Å². The molecule has 0 saturated carbocycles. The zero-order chi connectivity index (χ0) is 13.8. The van der Waals surface area contributed by atoms with Crippen molar-refractivity contribution in [2.45, 2.75) is 38.2 Å². The molecule has 0 aliphatic rings. The molecular weight excluding hydrogens is 268 g/mol. The van der Waals surface area contributed by atoms with Gasteiger partial charge in [0.2, 0.25) is 0 Å². The second-order valence-corrected chi connectivity index (χ2v) is 13.5. The summed E-state index contributed by atoms with van der Waals surface area (Å²) < 4.78 is 29.4. The summed E-state index contributed by atoms with van der Waals surface area (Å²) in [6.45, 7) is 8.02. The monoisotopic (exact) mass is 290 g/mol. The van der Waals surface area contributed by atoms with Crippen LogP contribution in [0.3, 0.4) is 0 Å². The third-order valence-corrected chi connectivity index (χ3v) is 4.85. The van der Waals surface area contributed by atoms with Crippen molar-refractivity contribution >= 4 is 17.9 Å². The quantitative estimate of drug-likeness (QED) is 0.567. The predicted octanol–water partition coefficient (Wildman–Crippen LogP) is 1.74. The maximum absolute atomic E-state index is 11.1. The lowest BCUT2D eigenvalue weighted by Gasteiger charge is -2.15. The van der Waals surface area contributed by atoms with E-state index in [0.717, 1.165) is 12.7 Å². The molecule has 18 heavy (non-hydrogen) atoms. The van der Waals surface area contributed by atoms with E-state index in [2.05, 4.69) is 24.7 Å². The zero-order valence-corrected chi connectivity index (χ0v) is 13.3. The van der Waals surface area contributed by atoms with Crippen molar-refractivity contribution in [1.82, 2.24) is 9.78 Å². The molecule has 104 valence electrons. The lowest BCUT2D eigenvalue weighted by molar-refractivity contribution is 0.0783. The van der Waals surface area contributed by atoms with Gasteiger partial charge in [0.1, 0.15) is 6.73 Å². The average molecular weight is 290 g/mol. The Bertz CT molecular complexity index is 477. The third-order valence-electron chi connectivity index (χ3n) is 2.33. The van der Waals surface area contributed by atoms with E-state index in [-0.39, 0.29) is 5.75 Å². The smallest absolute Gasteiger partial charge is 0.153 e. The molecule has 0 atom stereocenters. The van der Waals surface area contributed by atoms with Crippen LogP contribution in [0, 0.1) is 0 Å². The van der Waals surface area contributed by atoms with Gasteiger partial charge in [0, 0.05) is 27.1 Å². The molecular formula is C11H22N2O3SSi. The number of rotatable bonds is 7. The van der Waals surface area contributed by atoms with Gasteiger partial charge in [-0.05, 0) is 12.1 Å². The minimum atomic E-state index is -3.02. The first kappa shape index (κ1) is 15.4. The molecule has 0 aliphatic heterocycles. The van der Waals surface area contributed by atoms with E-state index in [1.165, 1.54) is 6.26 Å². The van der Waals surface area contributed by atoms with Crippen molar-refractivity contribution in [2.75, 3.05) is 12.9 Å². The van der Waals surface area contributed by atoms with E-state index in [1.807, 2.05) is 0 Å². The van der Waals surface area contributed by atoms with Crippen LogP contribution in [0.1, 0.15) is 5.69 Å². The number of aromatic nitrogens is 2. The van der Waals surface area contributed by atoms with Gasteiger partial charge >= 0.3 is 0 Å². The first-order valence-electron chi connectivity index (χ1n) is 5.93. The first-order valence-corrected chi connectivity index (χ1v) is 11.7. The Labute approximate surface area is 110 Å². The summed E-state index contributed by atoms with van der Waals surface area (Å²) >= 11 is 0. The van der Waals surface area contributed by atoms with Gasteiger partial charge in [-0.2, -0.15) is 5.10 Å². The van der Waals surface area contributed by atoms with Gasteiger partial charge in [-0.3, -0.25) is 0 Å². The van der Waals surface area contributed by atoms with Crippen LogP contribution in [0.25, 0.3) is 0 Å². The third kappa shape index (κ3) is 6.92. The van der Waals surface area contributed by atoms with E-state index in [1.54, 1.807) is 16.9 Å². The van der Waals surface area contributed by atoms with Gasteiger partial charge in [-0.15, -0.1) is 0 Å². The molecule has 0 fully saturated rings. The van der Waals surface area contributed by atoms with Gasteiger partial charge in [0.05, 0.1) is 11.4 Å². The van der Waals surface area contributed by atoms with E-state index >= 15 is 0 Å². The predicted molar refractivity (Wildman–Crippen MR) is 74.9 cm³/mol. The Kier molecular flexibility index (Phi) is 5.12. The second-order valence-electron chi connectivity index (χ2n) is 5.76. The summed E-state index contributed by atoms with van der Waals surface area (Å²) in [5.41, 5.74) is 0.561. The van der Waals surface area contributed by atoms with Crippen molar-refractivity contribution in [2.24, 2.45) is 0 Å². The molecule has 0 aliphatic carbocycles. The van der Waals surface area contributed by atoms with Gasteiger partial charge in [0.25, 0.3) is 0 Å². The molecule has 0 saturated heterocycles. The minimum absolute atomic E-state index is 0.0189. The maximum Gasteiger partial charge on any atom is 0.153 e. The van der Waals surface area contributed by atoms with Gasteiger partial charge in [0.15, 0.2) is 9.84 Å². The van der Waals surface area contributed by atoms with E-state index in [4.69, 9.17) is 4.74 Å². The summed E-state index contributed by atoms with van der Waals surface area (Å²) in [5.74, 6) is -0.0189. The number of nitrogens with zero attached hydrogens (tertiary/aromatic N) is 2. The largest absolute Gasteiger partial charge is 0.360 e. The highest BCUT2D eigenvalue weighted by molar-refractivity contribution is 7.89. The molecule has 0 spiro atoms. The van der Waals surface area contributed by atoms with Crippen LogP contribution in [-0.4, -0.2) is 39.1 Å². The molecule has 0 aromatic carbocycles. The molecule has 1 aromatic rings. The Hall–Kier alpha value is -0.663. The zero-order valence-electron chi connectivity index (χ0n) is 11.5. The average Bonchev–Trinajstić information content (AvgIpc) is 2.56. The Morgan fingerprint density at radius 3 is 2.61 bits per heavy atom. The lowest BCUT2D eigenvalue weighted by Crippen LogP contribution is -2.22. The first-order chi connectivity index (χ1) is 8.16. The molecule has 0 N–H and O–H groups in total. The number of hydrogen-bond donors (Lipinski definition) is 0. The van der Waals surface area contributed by atoms with Crippen LogP contribution in [-0.2, 0) is 27.1 Å².